The number of carbonyl (C=O) groups is 1. The van der Waals surface area contributed by atoms with Gasteiger partial charge in [-0.1, -0.05) is 58.3 Å². The quantitative estimate of drug-likeness (QED) is 0.373. The summed E-state index contributed by atoms with van der Waals surface area (Å²) >= 11 is 0. The van der Waals surface area contributed by atoms with E-state index in [2.05, 4.69) is 6.92 Å². The minimum atomic E-state index is -0.413. The number of carbonyl (C=O) groups excluding carboxylic acids is 1. The second kappa shape index (κ2) is 12.9. The lowest BCUT2D eigenvalue weighted by atomic mass is 9.96. The van der Waals surface area contributed by atoms with Crippen LogP contribution < -0.4 is 0 Å². The highest BCUT2D eigenvalue weighted by Gasteiger charge is 2.17. The lowest BCUT2D eigenvalue weighted by Gasteiger charge is -2.20. The molecule has 0 spiro atoms. The van der Waals surface area contributed by atoms with E-state index in [1.165, 1.54) is 44.9 Å². The van der Waals surface area contributed by atoms with Crippen LogP contribution in [0.15, 0.2) is 0 Å². The first-order chi connectivity index (χ1) is 10.4. The smallest absolute Gasteiger partial charge is 0.306 e. The first-order valence-electron chi connectivity index (χ1n) is 9.21. The maximum atomic E-state index is 11.7. The van der Waals surface area contributed by atoms with Crippen molar-refractivity contribution in [3.63, 3.8) is 0 Å². The van der Waals surface area contributed by atoms with Gasteiger partial charge in [-0.25, -0.2) is 0 Å². The molecule has 3 nitrogen and oxygen atoms in total. The Morgan fingerprint density at radius 3 is 2.00 bits per heavy atom. The Kier molecular flexibility index (Phi) is 12.6. The number of esters is 1. The van der Waals surface area contributed by atoms with Crippen LogP contribution in [0.25, 0.3) is 0 Å². The molecule has 22 heavy (non-hydrogen) atoms. The van der Waals surface area contributed by atoms with E-state index in [1.54, 1.807) is 0 Å². The van der Waals surface area contributed by atoms with Crippen LogP contribution in [0.5, 0.6) is 0 Å². The molecule has 0 aromatic rings. The molecular weight excluding hydrogens is 276 g/mol. The Hall–Kier alpha value is -0.570. The fourth-order valence-electron chi connectivity index (χ4n) is 2.61. The highest BCUT2D eigenvalue weighted by molar-refractivity contribution is 5.69. The Labute approximate surface area is 137 Å². The number of aliphatic hydroxyl groups is 1. The van der Waals surface area contributed by atoms with Gasteiger partial charge in [0.05, 0.1) is 0 Å². The van der Waals surface area contributed by atoms with E-state index in [1.807, 2.05) is 20.8 Å². The second-order valence-corrected chi connectivity index (χ2v) is 7.44. The van der Waals surface area contributed by atoms with Gasteiger partial charge >= 0.3 is 5.97 Å². The van der Waals surface area contributed by atoms with Crippen LogP contribution in [0.4, 0.5) is 0 Å². The number of ether oxygens (including phenoxy) is 1. The third-order valence-corrected chi connectivity index (χ3v) is 3.90. The molecule has 1 N–H and O–H groups in total. The molecule has 0 aliphatic carbocycles. The number of hydrogen-bond donors (Lipinski definition) is 1. The minimum absolute atomic E-state index is 0.151. The van der Waals surface area contributed by atoms with Crippen molar-refractivity contribution in [3.8, 4) is 0 Å². The van der Waals surface area contributed by atoms with Gasteiger partial charge in [-0.05, 0) is 39.5 Å². The average molecular weight is 315 g/mol. The van der Waals surface area contributed by atoms with Crippen molar-refractivity contribution in [1.29, 1.82) is 0 Å². The third-order valence-electron chi connectivity index (χ3n) is 3.90. The zero-order chi connectivity index (χ0) is 16.8. The summed E-state index contributed by atoms with van der Waals surface area (Å²) in [5.74, 6) is 0.0921. The average Bonchev–Trinajstić information content (AvgIpc) is 2.43. The summed E-state index contributed by atoms with van der Waals surface area (Å²) < 4.78 is 5.30. The van der Waals surface area contributed by atoms with Gasteiger partial charge in [-0.3, -0.25) is 4.79 Å². The molecule has 0 heterocycles. The van der Waals surface area contributed by atoms with Gasteiger partial charge in [0.15, 0.2) is 0 Å². The van der Waals surface area contributed by atoms with Crippen molar-refractivity contribution < 1.29 is 14.6 Å². The molecule has 1 atom stereocenters. The number of hydrogen-bond acceptors (Lipinski definition) is 3. The number of unbranched alkanes of at least 4 members (excludes halogenated alkanes) is 7. The predicted molar refractivity (Wildman–Crippen MR) is 92.9 cm³/mol. The molecular formula is C19H38O3. The Bertz CT molecular complexity index is 268. The van der Waals surface area contributed by atoms with Crippen molar-refractivity contribution in [2.75, 3.05) is 6.61 Å². The molecule has 132 valence electrons. The van der Waals surface area contributed by atoms with Crippen LogP contribution >= 0.6 is 0 Å². The highest BCUT2D eigenvalue weighted by Crippen LogP contribution is 2.18. The zero-order valence-corrected chi connectivity index (χ0v) is 15.3. The molecule has 0 aliphatic rings. The molecule has 0 fully saturated rings. The van der Waals surface area contributed by atoms with E-state index in [9.17, 15) is 9.90 Å². The summed E-state index contributed by atoms with van der Waals surface area (Å²) in [6.07, 6.45) is 12.6. The van der Waals surface area contributed by atoms with Gasteiger partial charge in [-0.15, -0.1) is 0 Å². The summed E-state index contributed by atoms with van der Waals surface area (Å²) in [5, 5.41) is 9.42. The third kappa shape index (κ3) is 14.4. The molecule has 0 bridgehead atoms. The summed E-state index contributed by atoms with van der Waals surface area (Å²) in [6, 6.07) is 0. The van der Waals surface area contributed by atoms with Crippen LogP contribution in [0.2, 0.25) is 0 Å². The molecule has 0 rings (SSSR count). The van der Waals surface area contributed by atoms with Crippen LogP contribution in [0, 0.1) is 5.92 Å². The molecule has 0 saturated heterocycles. The largest absolute Gasteiger partial charge is 0.460 e. The Morgan fingerprint density at radius 1 is 0.955 bits per heavy atom. The molecule has 0 aromatic heterocycles. The minimum Gasteiger partial charge on any atom is -0.460 e. The van der Waals surface area contributed by atoms with Gasteiger partial charge in [0.25, 0.3) is 0 Å². The maximum absolute atomic E-state index is 11.7. The topological polar surface area (TPSA) is 46.5 Å². The predicted octanol–water partition coefficient (Wildman–Crippen LogP) is 5.25. The fourth-order valence-corrected chi connectivity index (χ4v) is 2.61. The van der Waals surface area contributed by atoms with Gasteiger partial charge in [0.2, 0.25) is 0 Å². The SMILES string of the molecule is CCCCCCCCCCC(CO)CCC(=O)OC(C)(C)C. The van der Waals surface area contributed by atoms with E-state index in [0.29, 0.717) is 6.42 Å². The van der Waals surface area contributed by atoms with E-state index in [0.717, 1.165) is 19.3 Å². The maximum Gasteiger partial charge on any atom is 0.306 e. The number of aliphatic hydroxyl groups excluding tert-OH is 1. The number of rotatable bonds is 13. The Balaban J connectivity index is 3.61. The van der Waals surface area contributed by atoms with Gasteiger partial charge in [0.1, 0.15) is 5.60 Å². The Morgan fingerprint density at radius 2 is 1.50 bits per heavy atom. The van der Waals surface area contributed by atoms with Crippen molar-refractivity contribution in [2.24, 2.45) is 5.92 Å². The standard InChI is InChI=1S/C19H38O3/c1-5-6-7-8-9-10-11-12-13-17(16-20)14-15-18(21)22-19(2,3)4/h17,20H,5-16H2,1-4H3. The van der Waals surface area contributed by atoms with Gasteiger partial charge in [-0.2, -0.15) is 0 Å². The van der Waals surface area contributed by atoms with Crippen LogP contribution in [0.3, 0.4) is 0 Å². The molecule has 0 saturated carbocycles. The highest BCUT2D eigenvalue weighted by atomic mass is 16.6. The molecule has 3 heteroatoms. The normalized spacial score (nSPS) is 13.1. The van der Waals surface area contributed by atoms with Crippen LogP contribution in [0.1, 0.15) is 98.3 Å². The van der Waals surface area contributed by atoms with Gasteiger partial charge in [0, 0.05) is 13.0 Å². The van der Waals surface area contributed by atoms with Crippen LogP contribution in [-0.4, -0.2) is 23.3 Å². The summed E-state index contributed by atoms with van der Waals surface area (Å²) in [7, 11) is 0. The van der Waals surface area contributed by atoms with Gasteiger partial charge < -0.3 is 9.84 Å². The van der Waals surface area contributed by atoms with Crippen molar-refractivity contribution in [2.45, 2.75) is 104 Å². The second-order valence-electron chi connectivity index (χ2n) is 7.44. The van der Waals surface area contributed by atoms with E-state index in [4.69, 9.17) is 4.74 Å². The first-order valence-corrected chi connectivity index (χ1v) is 9.21. The van der Waals surface area contributed by atoms with E-state index >= 15 is 0 Å². The van der Waals surface area contributed by atoms with Crippen molar-refractivity contribution >= 4 is 5.97 Å². The summed E-state index contributed by atoms with van der Waals surface area (Å²) in [5.41, 5.74) is -0.413. The van der Waals surface area contributed by atoms with Crippen molar-refractivity contribution in [3.05, 3.63) is 0 Å². The van der Waals surface area contributed by atoms with E-state index < -0.39 is 5.60 Å². The lowest BCUT2D eigenvalue weighted by Crippen LogP contribution is -2.24. The summed E-state index contributed by atoms with van der Waals surface area (Å²) in [6.45, 7) is 8.07. The molecule has 0 aliphatic heterocycles. The zero-order valence-electron chi connectivity index (χ0n) is 15.3. The molecule has 0 aromatic carbocycles. The molecule has 0 amide bonds. The first kappa shape index (κ1) is 21.4. The van der Waals surface area contributed by atoms with Crippen molar-refractivity contribution in [1.82, 2.24) is 0 Å². The lowest BCUT2D eigenvalue weighted by molar-refractivity contribution is -0.155. The molecule has 1 unspecified atom stereocenters. The molecule has 0 radical (unpaired) electrons. The van der Waals surface area contributed by atoms with Crippen LogP contribution in [-0.2, 0) is 9.53 Å². The fraction of sp³-hybridized carbons (Fsp3) is 0.947. The monoisotopic (exact) mass is 314 g/mol. The summed E-state index contributed by atoms with van der Waals surface area (Å²) in [4.78, 5) is 11.7. The van der Waals surface area contributed by atoms with E-state index in [-0.39, 0.29) is 18.5 Å².